The first-order valence-electron chi connectivity index (χ1n) is 7.26. The van der Waals surface area contributed by atoms with Crippen LogP contribution < -0.4 is 10.1 Å². The number of ether oxygens (including phenoxy) is 1. The second-order valence-corrected chi connectivity index (χ2v) is 5.71. The Morgan fingerprint density at radius 1 is 1.29 bits per heavy atom. The second kappa shape index (κ2) is 8.77. The molecule has 0 bridgehead atoms. The molecule has 0 amide bonds. The average Bonchev–Trinajstić information content (AvgIpc) is 2.99. The summed E-state index contributed by atoms with van der Waals surface area (Å²) in [6, 6.07) is 8.29. The molecule has 2 rings (SSSR count). The van der Waals surface area contributed by atoms with E-state index in [1.807, 2.05) is 17.6 Å². The van der Waals surface area contributed by atoms with Gasteiger partial charge >= 0.3 is 0 Å². The predicted molar refractivity (Wildman–Crippen MR) is 87.8 cm³/mol. The fraction of sp³-hybridized carbons (Fsp3) is 0.438. The van der Waals surface area contributed by atoms with E-state index < -0.39 is 0 Å². The van der Waals surface area contributed by atoms with E-state index in [4.69, 9.17) is 4.74 Å². The highest BCUT2D eigenvalue weighted by Gasteiger charge is 2.02. The second-order valence-electron chi connectivity index (χ2n) is 4.99. The Morgan fingerprint density at radius 2 is 2.10 bits per heavy atom. The van der Waals surface area contributed by atoms with Gasteiger partial charge in [0.25, 0.3) is 0 Å². The highest BCUT2D eigenvalue weighted by molar-refractivity contribution is 7.07. The van der Waals surface area contributed by atoms with Crippen LogP contribution in [0.25, 0.3) is 0 Å². The van der Waals surface area contributed by atoms with E-state index in [0.717, 1.165) is 37.6 Å². The molecule has 4 nitrogen and oxygen atoms in total. The zero-order valence-corrected chi connectivity index (χ0v) is 13.5. The maximum absolute atomic E-state index is 5.78. The number of rotatable bonds is 9. The van der Waals surface area contributed by atoms with E-state index >= 15 is 0 Å². The Balaban J connectivity index is 1.68. The molecule has 0 fully saturated rings. The minimum absolute atomic E-state index is 0.688. The third kappa shape index (κ3) is 5.83. The van der Waals surface area contributed by atoms with Gasteiger partial charge in [-0.05, 0) is 31.3 Å². The Morgan fingerprint density at radius 3 is 2.76 bits per heavy atom. The molecule has 21 heavy (non-hydrogen) atoms. The number of benzene rings is 1. The molecule has 1 aromatic heterocycles. The fourth-order valence-electron chi connectivity index (χ4n) is 1.96. The molecule has 0 aliphatic rings. The molecule has 1 N–H and O–H groups in total. The number of thiazole rings is 1. The van der Waals surface area contributed by atoms with Crippen LogP contribution in [0.4, 0.5) is 0 Å². The van der Waals surface area contributed by atoms with Gasteiger partial charge in [0.15, 0.2) is 0 Å². The lowest BCUT2D eigenvalue weighted by Gasteiger charge is -2.15. The third-order valence-electron chi connectivity index (χ3n) is 3.16. The lowest BCUT2D eigenvalue weighted by Crippen LogP contribution is -2.24. The van der Waals surface area contributed by atoms with Crippen LogP contribution in [0.1, 0.15) is 18.2 Å². The monoisotopic (exact) mass is 305 g/mol. The van der Waals surface area contributed by atoms with Crippen LogP contribution >= 0.6 is 11.3 Å². The molecular weight excluding hydrogens is 282 g/mol. The first-order valence-corrected chi connectivity index (χ1v) is 8.20. The number of nitrogens with zero attached hydrogens (tertiary/aromatic N) is 2. The molecule has 0 aliphatic heterocycles. The Kier molecular flexibility index (Phi) is 6.66. The molecule has 114 valence electrons. The normalized spacial score (nSPS) is 11.0. The minimum Gasteiger partial charge on any atom is -0.492 e. The number of likely N-dealkylation sites (N-methyl/N-ethyl adjacent to an activating group) is 1. The molecule has 0 spiro atoms. The summed E-state index contributed by atoms with van der Waals surface area (Å²) in [4.78, 5) is 6.50. The van der Waals surface area contributed by atoms with Gasteiger partial charge in [0.05, 0.1) is 11.2 Å². The van der Waals surface area contributed by atoms with Crippen molar-refractivity contribution in [2.75, 3.05) is 26.7 Å². The van der Waals surface area contributed by atoms with E-state index in [9.17, 15) is 0 Å². The van der Waals surface area contributed by atoms with Crippen molar-refractivity contribution in [3.05, 3.63) is 46.4 Å². The van der Waals surface area contributed by atoms with Gasteiger partial charge in [-0.25, -0.2) is 4.98 Å². The lowest BCUT2D eigenvalue weighted by atomic mass is 10.2. The zero-order valence-electron chi connectivity index (χ0n) is 12.7. The van der Waals surface area contributed by atoms with E-state index in [0.29, 0.717) is 6.61 Å². The maximum Gasteiger partial charge on any atom is 0.119 e. The molecule has 0 saturated carbocycles. The lowest BCUT2D eigenvalue weighted by molar-refractivity contribution is 0.231. The number of hydrogen-bond acceptors (Lipinski definition) is 5. The van der Waals surface area contributed by atoms with Crippen molar-refractivity contribution < 1.29 is 4.74 Å². The summed E-state index contributed by atoms with van der Waals surface area (Å²) >= 11 is 1.63. The van der Waals surface area contributed by atoms with Crippen LogP contribution in [0.3, 0.4) is 0 Å². The third-order valence-corrected chi connectivity index (χ3v) is 3.79. The van der Waals surface area contributed by atoms with Crippen LogP contribution in [0.2, 0.25) is 0 Å². The van der Waals surface area contributed by atoms with Crippen LogP contribution in [-0.4, -0.2) is 36.6 Å². The van der Waals surface area contributed by atoms with Gasteiger partial charge in [-0.3, -0.25) is 4.90 Å². The van der Waals surface area contributed by atoms with E-state index in [-0.39, 0.29) is 0 Å². The molecule has 0 radical (unpaired) electrons. The smallest absolute Gasteiger partial charge is 0.119 e. The zero-order chi connectivity index (χ0) is 14.9. The van der Waals surface area contributed by atoms with E-state index in [2.05, 4.69) is 46.7 Å². The summed E-state index contributed by atoms with van der Waals surface area (Å²) in [5, 5.41) is 5.39. The van der Waals surface area contributed by atoms with Crippen LogP contribution in [-0.2, 0) is 13.1 Å². The van der Waals surface area contributed by atoms with Gasteiger partial charge in [-0.2, -0.15) is 0 Å². The largest absolute Gasteiger partial charge is 0.492 e. The van der Waals surface area contributed by atoms with Crippen LogP contribution in [0, 0.1) is 0 Å². The summed E-state index contributed by atoms with van der Waals surface area (Å²) in [6.45, 7) is 6.45. The van der Waals surface area contributed by atoms with Gasteiger partial charge in [0.2, 0.25) is 0 Å². The Labute approximate surface area is 130 Å². The fourth-order valence-corrected chi connectivity index (χ4v) is 2.51. The Hall–Kier alpha value is -1.43. The molecule has 1 heterocycles. The quantitative estimate of drug-likeness (QED) is 0.773. The molecular formula is C16H23N3OS. The summed E-state index contributed by atoms with van der Waals surface area (Å²) in [5.74, 6) is 0.928. The van der Waals surface area contributed by atoms with Gasteiger partial charge in [-0.15, -0.1) is 11.3 Å². The van der Waals surface area contributed by atoms with Crippen molar-refractivity contribution in [3.63, 3.8) is 0 Å². The number of hydrogen-bond donors (Lipinski definition) is 1. The SMILES string of the molecule is CCNCc1ccc(OCCN(C)Cc2cscn2)cc1. The van der Waals surface area contributed by atoms with Crippen molar-refractivity contribution in [3.8, 4) is 5.75 Å². The molecule has 0 atom stereocenters. The highest BCUT2D eigenvalue weighted by Crippen LogP contribution is 2.12. The summed E-state index contributed by atoms with van der Waals surface area (Å²) < 4.78 is 5.78. The number of nitrogens with one attached hydrogen (secondary N) is 1. The van der Waals surface area contributed by atoms with Crippen molar-refractivity contribution >= 4 is 11.3 Å². The highest BCUT2D eigenvalue weighted by atomic mass is 32.1. The minimum atomic E-state index is 0.688. The van der Waals surface area contributed by atoms with Gasteiger partial charge in [-0.1, -0.05) is 19.1 Å². The van der Waals surface area contributed by atoms with Gasteiger partial charge in [0, 0.05) is 25.0 Å². The molecule has 0 unspecified atom stereocenters. The molecule has 1 aromatic carbocycles. The Bertz CT molecular complexity index is 499. The maximum atomic E-state index is 5.78. The first-order chi connectivity index (χ1) is 10.3. The topological polar surface area (TPSA) is 37.4 Å². The van der Waals surface area contributed by atoms with Crippen LogP contribution in [0.5, 0.6) is 5.75 Å². The van der Waals surface area contributed by atoms with Crippen molar-refractivity contribution in [2.24, 2.45) is 0 Å². The summed E-state index contributed by atoms with van der Waals surface area (Å²) in [6.07, 6.45) is 0. The molecule has 0 saturated heterocycles. The van der Waals surface area contributed by atoms with E-state index in [1.54, 1.807) is 11.3 Å². The van der Waals surface area contributed by atoms with Crippen molar-refractivity contribution in [1.29, 1.82) is 0 Å². The van der Waals surface area contributed by atoms with Crippen molar-refractivity contribution in [1.82, 2.24) is 15.2 Å². The predicted octanol–water partition coefficient (Wildman–Crippen LogP) is 2.76. The first kappa shape index (κ1) is 15.9. The molecule has 2 aromatic rings. The standard InChI is InChI=1S/C16H23N3OS/c1-3-17-10-14-4-6-16(7-5-14)20-9-8-19(2)11-15-12-21-13-18-15/h4-7,12-13,17H,3,8-11H2,1-2H3. The molecule has 5 heteroatoms. The average molecular weight is 305 g/mol. The summed E-state index contributed by atoms with van der Waals surface area (Å²) in [7, 11) is 2.09. The van der Waals surface area contributed by atoms with Gasteiger partial charge < -0.3 is 10.1 Å². The van der Waals surface area contributed by atoms with E-state index in [1.165, 1.54) is 5.56 Å². The van der Waals surface area contributed by atoms with Gasteiger partial charge in [0.1, 0.15) is 12.4 Å². The number of aromatic nitrogens is 1. The van der Waals surface area contributed by atoms with Crippen molar-refractivity contribution in [2.45, 2.75) is 20.0 Å². The summed E-state index contributed by atoms with van der Waals surface area (Å²) in [5.41, 5.74) is 4.27. The van der Waals surface area contributed by atoms with Crippen LogP contribution in [0.15, 0.2) is 35.2 Å². The molecule has 0 aliphatic carbocycles.